The van der Waals surface area contributed by atoms with Gasteiger partial charge < -0.3 is 9.47 Å². The van der Waals surface area contributed by atoms with Crippen molar-refractivity contribution in [2.75, 3.05) is 11.9 Å². The lowest BCUT2D eigenvalue weighted by Gasteiger charge is -2.18. The van der Waals surface area contributed by atoms with Gasteiger partial charge in [0.1, 0.15) is 11.5 Å². The van der Waals surface area contributed by atoms with E-state index in [-0.39, 0.29) is 5.97 Å². The predicted octanol–water partition coefficient (Wildman–Crippen LogP) is 3.71. The number of ether oxygens (including phenoxy) is 2. The summed E-state index contributed by atoms with van der Waals surface area (Å²) < 4.78 is 10.2. The Hall–Kier alpha value is -1.89. The monoisotopic (exact) mass is 326 g/mol. The molecule has 0 spiro atoms. The summed E-state index contributed by atoms with van der Waals surface area (Å²) in [4.78, 5) is 27.9. The van der Waals surface area contributed by atoms with E-state index in [9.17, 15) is 9.59 Å². The Balaban J connectivity index is 2.80. The third kappa shape index (κ3) is 5.85. The van der Waals surface area contributed by atoms with Crippen LogP contribution in [-0.2, 0) is 14.3 Å². The molecule has 0 saturated heterocycles. The van der Waals surface area contributed by atoms with Crippen LogP contribution < -0.4 is 5.32 Å². The molecule has 0 aliphatic rings. The lowest BCUT2D eigenvalue weighted by Crippen LogP contribution is -2.27. The van der Waals surface area contributed by atoms with Gasteiger partial charge in [-0.05, 0) is 34.6 Å². The van der Waals surface area contributed by atoms with E-state index in [2.05, 4.69) is 10.3 Å². The van der Waals surface area contributed by atoms with Gasteiger partial charge in [-0.3, -0.25) is 10.1 Å². The van der Waals surface area contributed by atoms with Gasteiger partial charge in [-0.15, -0.1) is 11.3 Å². The fourth-order valence-electron chi connectivity index (χ4n) is 1.60. The topological polar surface area (TPSA) is 77.5 Å². The molecule has 0 aliphatic carbocycles. The minimum Gasteiger partial charge on any atom is -0.465 e. The van der Waals surface area contributed by atoms with Crippen LogP contribution in [0.25, 0.3) is 0 Å². The van der Waals surface area contributed by atoms with Crippen molar-refractivity contribution in [3.63, 3.8) is 0 Å². The second-order valence-electron chi connectivity index (χ2n) is 5.46. The van der Waals surface area contributed by atoms with E-state index in [4.69, 9.17) is 9.47 Å². The standard InChI is InChI=1S/C15H22N2O4S/c1-6-8-10(12(18)20-7-2)11-9-22-13(16-11)17-14(19)21-15(3,4)5/h6,8-10H,7H2,1-5H3,(H,16,17,19)/b8-6+. The van der Waals surface area contributed by atoms with E-state index in [0.29, 0.717) is 17.4 Å². The van der Waals surface area contributed by atoms with Crippen LogP contribution in [0.1, 0.15) is 46.2 Å². The summed E-state index contributed by atoms with van der Waals surface area (Å²) in [6, 6.07) is 0. The van der Waals surface area contributed by atoms with E-state index < -0.39 is 17.6 Å². The van der Waals surface area contributed by atoms with Crippen molar-refractivity contribution in [3.8, 4) is 0 Å². The molecule has 1 aromatic heterocycles. The summed E-state index contributed by atoms with van der Waals surface area (Å²) in [5.74, 6) is -0.940. The molecule has 0 radical (unpaired) electrons. The van der Waals surface area contributed by atoms with E-state index in [1.165, 1.54) is 11.3 Å². The molecule has 122 valence electrons. The van der Waals surface area contributed by atoms with Crippen LogP contribution in [0.3, 0.4) is 0 Å². The Kier molecular flexibility index (Phi) is 6.55. The zero-order valence-corrected chi connectivity index (χ0v) is 14.3. The van der Waals surface area contributed by atoms with E-state index >= 15 is 0 Å². The van der Waals surface area contributed by atoms with Gasteiger partial charge in [0, 0.05) is 5.38 Å². The Morgan fingerprint density at radius 1 is 1.45 bits per heavy atom. The molecule has 1 aromatic rings. The molecule has 1 N–H and O–H groups in total. The molecule has 1 unspecified atom stereocenters. The molecule has 0 bridgehead atoms. The lowest BCUT2D eigenvalue weighted by molar-refractivity contribution is -0.143. The van der Waals surface area contributed by atoms with Crippen LogP contribution in [-0.4, -0.2) is 29.3 Å². The molecular formula is C15H22N2O4S. The number of anilines is 1. The molecular weight excluding hydrogens is 304 g/mol. The first kappa shape index (κ1) is 18.2. The first-order valence-electron chi connectivity index (χ1n) is 7.01. The molecule has 22 heavy (non-hydrogen) atoms. The maximum absolute atomic E-state index is 11.9. The molecule has 1 atom stereocenters. The highest BCUT2D eigenvalue weighted by Crippen LogP contribution is 2.25. The lowest BCUT2D eigenvalue weighted by atomic mass is 10.1. The average Bonchev–Trinajstić information content (AvgIpc) is 2.81. The van der Waals surface area contributed by atoms with Gasteiger partial charge in [0.05, 0.1) is 12.3 Å². The molecule has 0 aliphatic heterocycles. The zero-order valence-electron chi connectivity index (χ0n) is 13.5. The Morgan fingerprint density at radius 3 is 2.68 bits per heavy atom. The van der Waals surface area contributed by atoms with Crippen molar-refractivity contribution in [1.29, 1.82) is 0 Å². The highest BCUT2D eigenvalue weighted by Gasteiger charge is 2.23. The largest absolute Gasteiger partial charge is 0.465 e. The maximum atomic E-state index is 11.9. The number of esters is 1. The van der Waals surface area contributed by atoms with Crippen LogP contribution >= 0.6 is 11.3 Å². The zero-order chi connectivity index (χ0) is 16.8. The molecule has 0 fully saturated rings. The molecule has 1 amide bonds. The second kappa shape index (κ2) is 7.93. The first-order chi connectivity index (χ1) is 10.3. The van der Waals surface area contributed by atoms with Gasteiger partial charge in [0.25, 0.3) is 0 Å². The normalized spacial score (nSPS) is 13.0. The number of hydrogen-bond donors (Lipinski definition) is 1. The molecule has 0 aromatic carbocycles. The summed E-state index contributed by atoms with van der Waals surface area (Å²) in [7, 11) is 0. The van der Waals surface area contributed by atoms with Gasteiger partial charge in [-0.25, -0.2) is 9.78 Å². The third-order valence-electron chi connectivity index (χ3n) is 2.37. The summed E-state index contributed by atoms with van der Waals surface area (Å²) in [5, 5.41) is 4.65. The number of thiazole rings is 1. The summed E-state index contributed by atoms with van der Waals surface area (Å²) >= 11 is 1.23. The second-order valence-corrected chi connectivity index (χ2v) is 6.32. The Bertz CT molecular complexity index is 546. The number of amides is 1. The average molecular weight is 326 g/mol. The Morgan fingerprint density at radius 2 is 2.14 bits per heavy atom. The van der Waals surface area contributed by atoms with Crippen LogP contribution in [0.2, 0.25) is 0 Å². The highest BCUT2D eigenvalue weighted by atomic mass is 32.1. The number of carbonyl (C=O) groups excluding carboxylic acids is 2. The predicted molar refractivity (Wildman–Crippen MR) is 86.2 cm³/mol. The molecule has 7 heteroatoms. The smallest absolute Gasteiger partial charge is 0.413 e. The molecule has 0 saturated carbocycles. The number of carbonyl (C=O) groups is 2. The van der Waals surface area contributed by atoms with Crippen molar-refractivity contribution < 1.29 is 19.1 Å². The van der Waals surface area contributed by atoms with Crippen molar-refractivity contribution in [1.82, 2.24) is 4.98 Å². The summed E-state index contributed by atoms with van der Waals surface area (Å²) in [6.45, 7) is 9.22. The third-order valence-corrected chi connectivity index (χ3v) is 3.15. The SMILES string of the molecule is C/C=C/C(C(=O)OCC)c1csc(NC(=O)OC(C)(C)C)n1. The summed E-state index contributed by atoms with van der Waals surface area (Å²) in [6.07, 6.45) is 2.90. The van der Waals surface area contributed by atoms with Crippen LogP contribution in [0.15, 0.2) is 17.5 Å². The van der Waals surface area contributed by atoms with Crippen molar-refractivity contribution in [2.24, 2.45) is 0 Å². The number of rotatable bonds is 5. The molecule has 1 heterocycles. The minimum atomic E-state index is -0.581. The van der Waals surface area contributed by atoms with E-state index in [1.54, 1.807) is 45.2 Å². The van der Waals surface area contributed by atoms with Gasteiger partial charge in [0.15, 0.2) is 5.13 Å². The van der Waals surface area contributed by atoms with Crippen LogP contribution in [0.5, 0.6) is 0 Å². The number of aromatic nitrogens is 1. The molecule has 1 rings (SSSR count). The number of nitrogens with zero attached hydrogens (tertiary/aromatic N) is 1. The van der Waals surface area contributed by atoms with E-state index in [1.807, 2.05) is 6.92 Å². The van der Waals surface area contributed by atoms with E-state index in [0.717, 1.165) is 0 Å². The van der Waals surface area contributed by atoms with Crippen LogP contribution in [0.4, 0.5) is 9.93 Å². The summed E-state index contributed by atoms with van der Waals surface area (Å²) in [5.41, 5.74) is -0.0459. The Labute approximate surface area is 134 Å². The van der Waals surface area contributed by atoms with Gasteiger partial charge in [-0.2, -0.15) is 0 Å². The van der Waals surface area contributed by atoms with Gasteiger partial charge >= 0.3 is 12.1 Å². The quantitative estimate of drug-likeness (QED) is 0.659. The maximum Gasteiger partial charge on any atom is 0.413 e. The highest BCUT2D eigenvalue weighted by molar-refractivity contribution is 7.13. The van der Waals surface area contributed by atoms with Gasteiger partial charge in [0.2, 0.25) is 0 Å². The van der Waals surface area contributed by atoms with Crippen molar-refractivity contribution in [3.05, 3.63) is 23.2 Å². The van der Waals surface area contributed by atoms with Crippen molar-refractivity contribution in [2.45, 2.75) is 46.1 Å². The van der Waals surface area contributed by atoms with Gasteiger partial charge in [-0.1, -0.05) is 12.2 Å². The van der Waals surface area contributed by atoms with Crippen LogP contribution in [0, 0.1) is 0 Å². The fraction of sp³-hybridized carbons (Fsp3) is 0.533. The van der Waals surface area contributed by atoms with Crippen molar-refractivity contribution >= 4 is 28.5 Å². The number of nitrogens with one attached hydrogen (secondary N) is 1. The fourth-order valence-corrected chi connectivity index (χ4v) is 2.33. The minimum absolute atomic E-state index is 0.306. The first-order valence-corrected chi connectivity index (χ1v) is 7.89. The molecule has 6 nitrogen and oxygen atoms in total. The number of hydrogen-bond acceptors (Lipinski definition) is 6. The number of allylic oxidation sites excluding steroid dienone is 1.